The van der Waals surface area contributed by atoms with Gasteiger partial charge in [-0.3, -0.25) is 4.79 Å². The van der Waals surface area contributed by atoms with Crippen molar-refractivity contribution in [3.05, 3.63) is 47.2 Å². The zero-order valence-electron chi connectivity index (χ0n) is 12.4. The number of ether oxygens (including phenoxy) is 2. The van der Waals surface area contributed by atoms with Crippen LogP contribution in [-0.2, 0) is 4.79 Å². The number of hydrogen-bond donors (Lipinski definition) is 2. The van der Waals surface area contributed by atoms with Gasteiger partial charge in [-0.25, -0.2) is 4.98 Å². The van der Waals surface area contributed by atoms with Gasteiger partial charge in [0.15, 0.2) is 17.3 Å². The highest BCUT2D eigenvalue weighted by atomic mass is 16.7. The number of aromatic nitrogens is 2. The number of imidazole rings is 1. The molecule has 0 radical (unpaired) electrons. The van der Waals surface area contributed by atoms with E-state index in [0.717, 1.165) is 52.7 Å². The number of hydrogen-bond acceptors (Lipinski definition) is 5. The molecule has 0 unspecified atom stereocenters. The van der Waals surface area contributed by atoms with Crippen LogP contribution >= 0.6 is 0 Å². The van der Waals surface area contributed by atoms with Gasteiger partial charge in [0.1, 0.15) is 5.82 Å². The van der Waals surface area contributed by atoms with Crippen LogP contribution in [0.5, 0.6) is 11.5 Å². The van der Waals surface area contributed by atoms with E-state index < -0.39 is 0 Å². The Balaban J connectivity index is 1.74. The van der Waals surface area contributed by atoms with Gasteiger partial charge >= 0.3 is 0 Å². The lowest BCUT2D eigenvalue weighted by atomic mass is 9.78. The molecule has 0 bridgehead atoms. The van der Waals surface area contributed by atoms with E-state index in [2.05, 4.69) is 15.3 Å². The zero-order valence-corrected chi connectivity index (χ0v) is 12.4. The van der Waals surface area contributed by atoms with Crippen LogP contribution in [0.1, 0.15) is 36.6 Å². The van der Waals surface area contributed by atoms with E-state index in [0.29, 0.717) is 6.42 Å². The number of fused-ring (bicyclic) bond motifs is 2. The van der Waals surface area contributed by atoms with E-state index in [1.165, 1.54) is 0 Å². The quantitative estimate of drug-likeness (QED) is 0.847. The van der Waals surface area contributed by atoms with Gasteiger partial charge in [0.25, 0.3) is 0 Å². The third-order valence-corrected chi connectivity index (χ3v) is 4.68. The Morgan fingerprint density at radius 3 is 2.87 bits per heavy atom. The number of nitrogens with zero attached hydrogens (tertiary/aromatic N) is 1. The number of benzene rings is 1. The van der Waals surface area contributed by atoms with Crippen LogP contribution < -0.4 is 14.8 Å². The number of rotatable bonds is 1. The maximum absolute atomic E-state index is 12.6. The molecule has 23 heavy (non-hydrogen) atoms. The molecule has 1 atom stereocenters. The molecule has 2 N–H and O–H groups in total. The van der Waals surface area contributed by atoms with Gasteiger partial charge in [0.05, 0.1) is 5.92 Å². The van der Waals surface area contributed by atoms with Crippen LogP contribution in [0.3, 0.4) is 0 Å². The summed E-state index contributed by atoms with van der Waals surface area (Å²) in [6.45, 7) is 0.232. The molecule has 1 aromatic heterocycles. The number of allylic oxidation sites excluding steroid dienone is 2. The fourth-order valence-corrected chi connectivity index (χ4v) is 3.67. The normalized spacial score (nSPS) is 21.7. The number of Topliss-reactive ketones (excluding diaryl/α,β-unsaturated/α-hetero) is 1. The third-order valence-electron chi connectivity index (χ3n) is 4.68. The Labute approximate surface area is 132 Å². The van der Waals surface area contributed by atoms with Crippen molar-refractivity contribution in [2.24, 2.45) is 0 Å². The summed E-state index contributed by atoms with van der Waals surface area (Å²) in [6, 6.07) is 3.92. The Morgan fingerprint density at radius 2 is 2.04 bits per heavy atom. The summed E-state index contributed by atoms with van der Waals surface area (Å²) in [5.41, 5.74) is 3.80. The number of ketones is 1. The van der Waals surface area contributed by atoms with Crippen LogP contribution in [0.4, 0.5) is 5.69 Å². The van der Waals surface area contributed by atoms with Crippen LogP contribution in [-0.4, -0.2) is 22.5 Å². The molecule has 6 heteroatoms. The molecule has 0 saturated heterocycles. The highest BCUT2D eigenvalue weighted by molar-refractivity contribution is 6.01. The minimum atomic E-state index is -0.182. The van der Waals surface area contributed by atoms with Crippen molar-refractivity contribution < 1.29 is 14.3 Å². The van der Waals surface area contributed by atoms with Crippen LogP contribution in [0.15, 0.2) is 35.8 Å². The lowest BCUT2D eigenvalue weighted by Crippen LogP contribution is -2.27. The largest absolute Gasteiger partial charge is 0.454 e. The summed E-state index contributed by atoms with van der Waals surface area (Å²) >= 11 is 0. The fraction of sp³-hybridized carbons (Fsp3) is 0.294. The van der Waals surface area contributed by atoms with E-state index in [1.807, 2.05) is 12.1 Å². The first-order valence-corrected chi connectivity index (χ1v) is 7.77. The van der Waals surface area contributed by atoms with Gasteiger partial charge in [0, 0.05) is 41.8 Å². The molecule has 2 aromatic rings. The van der Waals surface area contributed by atoms with E-state index in [1.54, 1.807) is 12.4 Å². The molecule has 5 rings (SSSR count). The van der Waals surface area contributed by atoms with Crippen molar-refractivity contribution in [2.45, 2.75) is 25.2 Å². The highest BCUT2D eigenvalue weighted by Gasteiger charge is 2.37. The molecule has 0 fully saturated rings. The topological polar surface area (TPSA) is 76.2 Å². The maximum atomic E-state index is 12.6. The third kappa shape index (κ3) is 1.81. The summed E-state index contributed by atoms with van der Waals surface area (Å²) in [7, 11) is 0. The Morgan fingerprint density at radius 1 is 1.17 bits per heavy atom. The van der Waals surface area contributed by atoms with Crippen molar-refractivity contribution in [3.8, 4) is 11.5 Å². The summed E-state index contributed by atoms with van der Waals surface area (Å²) < 4.78 is 11.0. The number of H-pyrrole nitrogens is 1. The molecule has 116 valence electrons. The standard InChI is InChI=1S/C17H15N3O3/c21-12-3-1-2-10-16(12)15(17-18-4-5-19-17)9-6-13-14(23-8-22-13)7-11(9)20-10/h4-7,15,20H,1-3,8H2,(H,18,19)/t15-/m0/s1. The molecular weight excluding hydrogens is 294 g/mol. The lowest BCUT2D eigenvalue weighted by molar-refractivity contribution is -0.116. The van der Waals surface area contributed by atoms with Gasteiger partial charge in [-0.05, 0) is 24.5 Å². The molecule has 3 heterocycles. The Hall–Kier alpha value is -2.76. The first kappa shape index (κ1) is 12.8. The molecule has 2 aliphatic heterocycles. The lowest BCUT2D eigenvalue weighted by Gasteiger charge is -2.32. The van der Waals surface area contributed by atoms with Gasteiger partial charge < -0.3 is 19.8 Å². The molecule has 3 aliphatic rings. The zero-order chi connectivity index (χ0) is 15.4. The van der Waals surface area contributed by atoms with E-state index >= 15 is 0 Å². The highest BCUT2D eigenvalue weighted by Crippen LogP contribution is 2.48. The minimum absolute atomic E-state index is 0.182. The van der Waals surface area contributed by atoms with Crippen molar-refractivity contribution in [1.82, 2.24) is 9.97 Å². The van der Waals surface area contributed by atoms with Gasteiger partial charge in [-0.15, -0.1) is 0 Å². The molecule has 0 amide bonds. The molecular formula is C17H15N3O3. The predicted octanol–water partition coefficient (Wildman–Crippen LogP) is 2.70. The molecule has 0 spiro atoms. The average Bonchev–Trinajstić information content (AvgIpc) is 3.22. The summed E-state index contributed by atoms with van der Waals surface area (Å²) in [6.07, 6.45) is 5.87. The average molecular weight is 309 g/mol. The molecule has 6 nitrogen and oxygen atoms in total. The van der Waals surface area contributed by atoms with E-state index in [9.17, 15) is 4.79 Å². The second kappa shape index (κ2) is 4.62. The van der Waals surface area contributed by atoms with E-state index in [-0.39, 0.29) is 18.5 Å². The van der Waals surface area contributed by atoms with Crippen molar-refractivity contribution in [1.29, 1.82) is 0 Å². The Bertz CT molecular complexity index is 839. The first-order valence-electron chi connectivity index (χ1n) is 7.77. The van der Waals surface area contributed by atoms with Crippen molar-refractivity contribution in [3.63, 3.8) is 0 Å². The predicted molar refractivity (Wildman–Crippen MR) is 82.5 cm³/mol. The second-order valence-electron chi connectivity index (χ2n) is 5.99. The van der Waals surface area contributed by atoms with Crippen LogP contribution in [0, 0.1) is 0 Å². The van der Waals surface area contributed by atoms with Crippen LogP contribution in [0.25, 0.3) is 0 Å². The van der Waals surface area contributed by atoms with E-state index in [4.69, 9.17) is 9.47 Å². The number of carbonyl (C=O) groups excluding carboxylic acids is 1. The second-order valence-corrected chi connectivity index (χ2v) is 5.99. The summed E-state index contributed by atoms with van der Waals surface area (Å²) in [5, 5.41) is 3.43. The monoisotopic (exact) mass is 309 g/mol. The van der Waals surface area contributed by atoms with Gasteiger partial charge in [0.2, 0.25) is 6.79 Å². The summed E-state index contributed by atoms with van der Waals surface area (Å²) in [5.74, 6) is 2.26. The smallest absolute Gasteiger partial charge is 0.231 e. The number of anilines is 1. The molecule has 1 aliphatic carbocycles. The van der Waals surface area contributed by atoms with Gasteiger partial charge in [-0.2, -0.15) is 0 Å². The van der Waals surface area contributed by atoms with Gasteiger partial charge in [-0.1, -0.05) is 0 Å². The SMILES string of the molecule is O=C1CCCC2=C1[C@@H](c1ncc[nH]1)c1cc3c(cc1N2)OCO3. The number of carbonyl (C=O) groups is 1. The fourth-order valence-electron chi connectivity index (χ4n) is 3.67. The van der Waals surface area contributed by atoms with Crippen molar-refractivity contribution >= 4 is 11.5 Å². The minimum Gasteiger partial charge on any atom is -0.454 e. The first-order chi connectivity index (χ1) is 11.3. The maximum Gasteiger partial charge on any atom is 0.231 e. The summed E-state index contributed by atoms with van der Waals surface area (Å²) in [4.78, 5) is 20.2. The molecule has 0 saturated carbocycles. The van der Waals surface area contributed by atoms with Crippen molar-refractivity contribution in [2.75, 3.05) is 12.1 Å². The van der Waals surface area contributed by atoms with Crippen LogP contribution in [0.2, 0.25) is 0 Å². The Kier molecular flexibility index (Phi) is 2.56. The number of aromatic amines is 1. The molecule has 1 aromatic carbocycles. The number of nitrogens with one attached hydrogen (secondary N) is 2.